The molecule has 0 amide bonds. The maximum absolute atomic E-state index is 9.87. The summed E-state index contributed by atoms with van der Waals surface area (Å²) in [5.41, 5.74) is 25.1. The molecule has 0 aliphatic heterocycles. The standard InChI is InChI=1S/4C11H17NO3.CH4.4H2S/c4*1-7(12)11(13)9-6-8(14-2)4-5-10(9)15-3;;;;;/h4*4-7,11,13H,12H2,1-3H3;1H4;4*1H2/t7?,11-;7-,11?;7-,11+;;;;;;/m011....../s1. The Morgan fingerprint density at radius 1 is 0.323 bits per heavy atom. The molecule has 376 valence electrons. The van der Waals surface area contributed by atoms with Crippen LogP contribution in [-0.2, 0) is 0 Å². The van der Waals surface area contributed by atoms with Gasteiger partial charge in [-0.15, -0.1) is 0 Å². The van der Waals surface area contributed by atoms with Crippen LogP contribution in [-0.4, -0.2) is 101 Å². The van der Waals surface area contributed by atoms with Crippen molar-refractivity contribution in [2.45, 2.75) is 83.7 Å². The molecule has 4 rings (SSSR count). The van der Waals surface area contributed by atoms with E-state index in [1.165, 1.54) is 0 Å². The van der Waals surface area contributed by atoms with Gasteiger partial charge in [-0.3, -0.25) is 0 Å². The minimum absolute atomic E-state index is 0. The van der Waals surface area contributed by atoms with Crippen LogP contribution >= 0.6 is 54.0 Å². The largest absolute Gasteiger partial charge is 0.497 e. The molecule has 65 heavy (non-hydrogen) atoms. The van der Waals surface area contributed by atoms with Gasteiger partial charge in [0.1, 0.15) is 46.0 Å². The SMILES string of the molecule is C.COc1ccc(OC)c(C(O)C(C)N)c1.COc1ccc(OC)c(C(O)[C@@H](C)N)c1.COc1ccc(OC)c([C@@H](O)C(C)N)c1.COc1ccc(OC)c([C@@H](O)[C@@H](C)N)c1.S.S.S.S. The zero-order valence-electron chi connectivity index (χ0n) is 38.9. The number of hydrogen-bond acceptors (Lipinski definition) is 16. The highest BCUT2D eigenvalue weighted by Gasteiger charge is 2.21. The van der Waals surface area contributed by atoms with Gasteiger partial charge < -0.3 is 81.3 Å². The Bertz CT molecular complexity index is 1590. The monoisotopic (exact) mass is 996 g/mol. The molecule has 0 heterocycles. The molecule has 16 nitrogen and oxygen atoms in total. The molecule has 0 saturated heterocycles. The summed E-state index contributed by atoms with van der Waals surface area (Å²) >= 11 is 0. The van der Waals surface area contributed by atoms with E-state index < -0.39 is 24.4 Å². The molecule has 0 fully saturated rings. The van der Waals surface area contributed by atoms with E-state index in [9.17, 15) is 20.4 Å². The zero-order valence-corrected chi connectivity index (χ0v) is 42.9. The van der Waals surface area contributed by atoms with E-state index in [0.717, 1.165) is 0 Å². The summed E-state index contributed by atoms with van der Waals surface area (Å²) < 4.78 is 40.9. The van der Waals surface area contributed by atoms with Crippen molar-refractivity contribution < 1.29 is 58.3 Å². The second-order valence-electron chi connectivity index (χ2n) is 13.6. The minimum atomic E-state index is -0.755. The third-order valence-electron chi connectivity index (χ3n) is 9.01. The number of ether oxygens (including phenoxy) is 8. The maximum Gasteiger partial charge on any atom is 0.124 e. The maximum atomic E-state index is 9.87. The second kappa shape index (κ2) is 36.5. The van der Waals surface area contributed by atoms with E-state index in [1.807, 2.05) is 0 Å². The molecular formula is C45H80N4O12S4. The lowest BCUT2D eigenvalue weighted by Crippen LogP contribution is -2.24. The molecule has 20 heteroatoms. The molecule has 4 unspecified atom stereocenters. The summed E-state index contributed by atoms with van der Waals surface area (Å²) in [7, 11) is 12.5. The predicted octanol–water partition coefficient (Wildman–Crippen LogP) is 5.42. The Labute approximate surface area is 415 Å². The van der Waals surface area contributed by atoms with Crippen molar-refractivity contribution in [3.63, 3.8) is 0 Å². The second-order valence-corrected chi connectivity index (χ2v) is 13.6. The van der Waals surface area contributed by atoms with Crippen molar-refractivity contribution in [1.29, 1.82) is 0 Å². The highest BCUT2D eigenvalue weighted by atomic mass is 32.1. The highest BCUT2D eigenvalue weighted by Crippen LogP contribution is 2.33. The molecule has 0 saturated carbocycles. The van der Waals surface area contributed by atoms with Crippen LogP contribution in [0.3, 0.4) is 0 Å². The quantitative estimate of drug-likeness (QED) is 0.0697. The predicted molar refractivity (Wildman–Crippen MR) is 281 cm³/mol. The Kier molecular flexibility index (Phi) is 39.5. The summed E-state index contributed by atoms with van der Waals surface area (Å²) in [5.74, 6) is 5.13. The van der Waals surface area contributed by atoms with Gasteiger partial charge in [0, 0.05) is 46.4 Å². The van der Waals surface area contributed by atoms with Crippen LogP contribution in [0.25, 0.3) is 0 Å². The van der Waals surface area contributed by atoms with Gasteiger partial charge in [0.15, 0.2) is 0 Å². The third-order valence-corrected chi connectivity index (χ3v) is 9.01. The zero-order chi connectivity index (χ0) is 45.7. The number of aliphatic hydroxyl groups is 4. The Morgan fingerprint density at radius 3 is 0.585 bits per heavy atom. The molecule has 0 bridgehead atoms. The first-order valence-electron chi connectivity index (χ1n) is 19.0. The molecule has 4 aromatic carbocycles. The third kappa shape index (κ3) is 22.1. The first kappa shape index (κ1) is 70.4. The van der Waals surface area contributed by atoms with Crippen molar-refractivity contribution in [3.05, 3.63) is 95.1 Å². The summed E-state index contributed by atoms with van der Waals surface area (Å²) in [4.78, 5) is 0. The number of rotatable bonds is 16. The molecular weight excluding hydrogens is 917 g/mol. The average molecular weight is 997 g/mol. The lowest BCUT2D eigenvalue weighted by atomic mass is 10.0. The summed E-state index contributed by atoms with van der Waals surface area (Å²) in [6.07, 6.45) is -3.02. The lowest BCUT2D eigenvalue weighted by molar-refractivity contribution is 0.149. The first-order chi connectivity index (χ1) is 28.4. The van der Waals surface area contributed by atoms with Gasteiger partial charge in [0.2, 0.25) is 0 Å². The lowest BCUT2D eigenvalue weighted by Gasteiger charge is -2.18. The number of aliphatic hydroxyl groups excluding tert-OH is 4. The van der Waals surface area contributed by atoms with E-state index >= 15 is 0 Å². The van der Waals surface area contributed by atoms with Gasteiger partial charge >= 0.3 is 0 Å². The van der Waals surface area contributed by atoms with Gasteiger partial charge in [0.25, 0.3) is 0 Å². The van der Waals surface area contributed by atoms with Crippen molar-refractivity contribution in [3.8, 4) is 46.0 Å². The number of nitrogens with two attached hydrogens (primary N) is 4. The smallest absolute Gasteiger partial charge is 0.124 e. The van der Waals surface area contributed by atoms with Crippen LogP contribution in [0.1, 0.15) is 81.8 Å². The molecule has 8 atom stereocenters. The van der Waals surface area contributed by atoms with E-state index in [2.05, 4.69) is 0 Å². The van der Waals surface area contributed by atoms with Crippen LogP contribution in [0.2, 0.25) is 0 Å². The summed E-state index contributed by atoms with van der Waals surface area (Å²) in [6, 6.07) is 19.6. The van der Waals surface area contributed by atoms with Crippen molar-refractivity contribution in [2.24, 2.45) is 22.9 Å². The highest BCUT2D eigenvalue weighted by molar-refractivity contribution is 7.59. The Balaban J connectivity index is -0.000000240. The van der Waals surface area contributed by atoms with Crippen LogP contribution in [0.5, 0.6) is 46.0 Å². The normalized spacial score (nSPS) is 13.4. The van der Waals surface area contributed by atoms with Crippen molar-refractivity contribution >= 4 is 54.0 Å². The summed E-state index contributed by atoms with van der Waals surface area (Å²) in [5, 5.41) is 39.5. The van der Waals surface area contributed by atoms with Crippen LogP contribution in [0.4, 0.5) is 0 Å². The van der Waals surface area contributed by atoms with Gasteiger partial charge in [-0.25, -0.2) is 0 Å². The summed E-state index contributed by atoms with van der Waals surface area (Å²) in [6.45, 7) is 6.96. The van der Waals surface area contributed by atoms with Gasteiger partial charge in [-0.05, 0) is 100 Å². The molecule has 0 spiro atoms. The number of hydrogen-bond donors (Lipinski definition) is 8. The van der Waals surface area contributed by atoms with E-state index in [4.69, 9.17) is 60.8 Å². The number of benzene rings is 4. The van der Waals surface area contributed by atoms with E-state index in [0.29, 0.717) is 68.2 Å². The Hall–Kier alpha value is -3.64. The minimum Gasteiger partial charge on any atom is -0.497 e. The molecule has 4 aromatic rings. The van der Waals surface area contributed by atoms with Crippen molar-refractivity contribution in [2.75, 3.05) is 56.9 Å². The van der Waals surface area contributed by atoms with Gasteiger partial charge in [0.05, 0.1) is 81.3 Å². The van der Waals surface area contributed by atoms with Crippen LogP contribution in [0, 0.1) is 0 Å². The molecule has 0 aliphatic rings. The topological polar surface area (TPSA) is 259 Å². The van der Waals surface area contributed by atoms with Gasteiger partial charge in [-0.1, -0.05) is 7.43 Å². The average Bonchev–Trinajstić information content (AvgIpc) is 3.27. The molecule has 12 N–H and O–H groups in total. The van der Waals surface area contributed by atoms with Crippen LogP contribution < -0.4 is 60.8 Å². The molecule has 0 aromatic heterocycles. The Morgan fingerprint density at radius 2 is 0.477 bits per heavy atom. The first-order valence-corrected chi connectivity index (χ1v) is 19.0. The molecule has 0 aliphatic carbocycles. The number of methoxy groups -OCH3 is 8. The fraction of sp³-hybridized carbons (Fsp3) is 0.467. The fourth-order valence-electron chi connectivity index (χ4n) is 5.42. The van der Waals surface area contributed by atoms with Crippen molar-refractivity contribution in [1.82, 2.24) is 0 Å². The van der Waals surface area contributed by atoms with E-state index in [-0.39, 0.29) is 85.6 Å². The fourth-order valence-corrected chi connectivity index (χ4v) is 5.42. The molecule has 0 radical (unpaired) electrons. The van der Waals surface area contributed by atoms with E-state index in [1.54, 1.807) is 157 Å². The van der Waals surface area contributed by atoms with Crippen LogP contribution in [0.15, 0.2) is 72.8 Å². The van der Waals surface area contributed by atoms with Gasteiger partial charge in [-0.2, -0.15) is 54.0 Å².